The van der Waals surface area contributed by atoms with Crippen LogP contribution in [0.3, 0.4) is 0 Å². The lowest BCUT2D eigenvalue weighted by Crippen LogP contribution is -2.14. The Morgan fingerprint density at radius 3 is 2.62 bits per heavy atom. The normalized spacial score (nSPS) is 15.5. The Hall–Kier alpha value is -1.81. The van der Waals surface area contributed by atoms with E-state index in [1.807, 2.05) is 12.1 Å². The maximum absolute atomic E-state index is 5.16. The summed E-state index contributed by atoms with van der Waals surface area (Å²) in [5, 5.41) is 8.13. The predicted molar refractivity (Wildman–Crippen MR) is 83.3 cm³/mol. The number of benzene rings is 1. The predicted octanol–water partition coefficient (Wildman–Crippen LogP) is 3.30. The average molecular weight is 285 g/mol. The van der Waals surface area contributed by atoms with Gasteiger partial charge in [0.1, 0.15) is 5.75 Å². The van der Waals surface area contributed by atoms with E-state index in [0.29, 0.717) is 6.04 Å². The maximum Gasteiger partial charge on any atom is 0.118 e. The fraction of sp³-hybridized carbons (Fsp3) is 0.471. The molecule has 1 aromatic carbocycles. The van der Waals surface area contributed by atoms with Crippen LogP contribution in [0, 0.1) is 0 Å². The van der Waals surface area contributed by atoms with Gasteiger partial charge in [0.2, 0.25) is 0 Å². The largest absolute Gasteiger partial charge is 0.497 e. The van der Waals surface area contributed by atoms with E-state index in [0.717, 1.165) is 24.5 Å². The van der Waals surface area contributed by atoms with Crippen LogP contribution in [0.1, 0.15) is 43.0 Å². The van der Waals surface area contributed by atoms with Crippen LogP contribution in [0.5, 0.6) is 5.75 Å². The molecule has 2 aromatic rings. The van der Waals surface area contributed by atoms with E-state index >= 15 is 0 Å². The molecule has 0 spiro atoms. The monoisotopic (exact) mass is 285 g/mol. The van der Waals surface area contributed by atoms with E-state index < -0.39 is 0 Å². The minimum absolute atomic E-state index is 0.625. The molecule has 21 heavy (non-hydrogen) atoms. The van der Waals surface area contributed by atoms with Crippen LogP contribution >= 0.6 is 0 Å². The molecule has 1 aliphatic carbocycles. The van der Waals surface area contributed by atoms with Crippen molar-refractivity contribution in [2.45, 2.75) is 44.8 Å². The summed E-state index contributed by atoms with van der Waals surface area (Å²) < 4.78 is 7.31. The third-order valence-corrected chi connectivity index (χ3v) is 4.16. The zero-order valence-electron chi connectivity index (χ0n) is 12.6. The molecule has 1 fully saturated rings. The average Bonchev–Trinajstić information content (AvgIpc) is 3.19. The molecule has 0 saturated heterocycles. The summed E-state index contributed by atoms with van der Waals surface area (Å²) >= 11 is 0. The molecule has 1 saturated carbocycles. The van der Waals surface area contributed by atoms with Gasteiger partial charge in [0.15, 0.2) is 0 Å². The van der Waals surface area contributed by atoms with Crippen molar-refractivity contribution in [3.8, 4) is 5.75 Å². The molecule has 1 heterocycles. The molecule has 1 aliphatic rings. The Morgan fingerprint density at radius 2 is 1.90 bits per heavy atom. The molecule has 1 aromatic heterocycles. The summed E-state index contributed by atoms with van der Waals surface area (Å²) in [5.41, 5.74) is 2.38. The summed E-state index contributed by atoms with van der Waals surface area (Å²) in [6, 6.07) is 10.9. The van der Waals surface area contributed by atoms with Crippen molar-refractivity contribution in [1.29, 1.82) is 0 Å². The minimum atomic E-state index is 0.625. The van der Waals surface area contributed by atoms with Crippen molar-refractivity contribution in [2.24, 2.45) is 0 Å². The highest BCUT2D eigenvalue weighted by atomic mass is 16.5. The van der Waals surface area contributed by atoms with Crippen molar-refractivity contribution in [3.05, 3.63) is 47.8 Å². The number of nitrogens with one attached hydrogen (secondary N) is 1. The first kappa shape index (κ1) is 14.1. The van der Waals surface area contributed by atoms with E-state index in [1.165, 1.54) is 31.2 Å². The first-order chi connectivity index (χ1) is 10.3. The lowest BCUT2D eigenvalue weighted by molar-refractivity contribution is 0.414. The molecule has 0 amide bonds. The van der Waals surface area contributed by atoms with Gasteiger partial charge in [-0.1, -0.05) is 25.0 Å². The lowest BCUT2D eigenvalue weighted by atomic mass is 10.2. The highest BCUT2D eigenvalue weighted by Crippen LogP contribution is 2.28. The molecular weight excluding hydrogens is 262 g/mol. The van der Waals surface area contributed by atoms with Crippen LogP contribution in [0.25, 0.3) is 0 Å². The van der Waals surface area contributed by atoms with Gasteiger partial charge in [0, 0.05) is 19.3 Å². The third-order valence-electron chi connectivity index (χ3n) is 4.16. The van der Waals surface area contributed by atoms with Crippen LogP contribution in [-0.4, -0.2) is 16.9 Å². The second kappa shape index (κ2) is 6.76. The topological polar surface area (TPSA) is 39.1 Å². The molecule has 112 valence electrons. The molecule has 3 rings (SSSR count). The molecule has 4 nitrogen and oxygen atoms in total. The fourth-order valence-electron chi connectivity index (χ4n) is 2.92. The second-order valence-electron chi connectivity index (χ2n) is 5.68. The van der Waals surface area contributed by atoms with E-state index in [-0.39, 0.29) is 0 Å². The molecule has 0 atom stereocenters. The Labute approximate surface area is 126 Å². The molecule has 0 unspecified atom stereocenters. The molecule has 0 bridgehead atoms. The van der Waals surface area contributed by atoms with Crippen LogP contribution in [0.15, 0.2) is 36.5 Å². The van der Waals surface area contributed by atoms with E-state index in [4.69, 9.17) is 4.74 Å². The molecule has 4 heteroatoms. The van der Waals surface area contributed by atoms with Crippen LogP contribution in [-0.2, 0) is 13.1 Å². The quantitative estimate of drug-likeness (QED) is 0.885. The third kappa shape index (κ3) is 3.64. The van der Waals surface area contributed by atoms with Crippen molar-refractivity contribution < 1.29 is 4.74 Å². The van der Waals surface area contributed by atoms with Gasteiger partial charge in [-0.25, -0.2) is 0 Å². The highest BCUT2D eigenvalue weighted by molar-refractivity contribution is 5.27. The number of aromatic nitrogens is 2. The number of rotatable bonds is 6. The van der Waals surface area contributed by atoms with Gasteiger partial charge in [-0.3, -0.25) is 4.68 Å². The van der Waals surface area contributed by atoms with Crippen molar-refractivity contribution >= 4 is 0 Å². The summed E-state index contributed by atoms with van der Waals surface area (Å²) in [6.07, 6.45) is 7.37. The SMILES string of the molecule is COc1ccc(CNCc2ccn(C3CCCC3)n2)cc1. The molecule has 0 aliphatic heterocycles. The Kier molecular flexibility index (Phi) is 4.55. The molecule has 1 N–H and O–H groups in total. The van der Waals surface area contributed by atoms with Gasteiger partial charge in [-0.15, -0.1) is 0 Å². The number of hydrogen-bond acceptors (Lipinski definition) is 3. The zero-order chi connectivity index (χ0) is 14.5. The van der Waals surface area contributed by atoms with Gasteiger partial charge in [-0.2, -0.15) is 5.10 Å². The first-order valence-corrected chi connectivity index (χ1v) is 7.73. The van der Waals surface area contributed by atoms with E-state index in [9.17, 15) is 0 Å². The Morgan fingerprint density at radius 1 is 1.14 bits per heavy atom. The van der Waals surface area contributed by atoms with Gasteiger partial charge in [-0.05, 0) is 36.6 Å². The number of hydrogen-bond donors (Lipinski definition) is 1. The van der Waals surface area contributed by atoms with E-state index in [1.54, 1.807) is 7.11 Å². The lowest BCUT2D eigenvalue weighted by Gasteiger charge is -2.09. The van der Waals surface area contributed by atoms with E-state index in [2.05, 4.69) is 39.5 Å². The van der Waals surface area contributed by atoms with Crippen molar-refractivity contribution in [2.75, 3.05) is 7.11 Å². The summed E-state index contributed by atoms with van der Waals surface area (Å²) in [4.78, 5) is 0. The van der Waals surface area contributed by atoms with Crippen LogP contribution in [0.2, 0.25) is 0 Å². The summed E-state index contributed by atoms with van der Waals surface area (Å²) in [6.45, 7) is 1.66. The van der Waals surface area contributed by atoms with Crippen LogP contribution in [0.4, 0.5) is 0 Å². The summed E-state index contributed by atoms with van der Waals surface area (Å²) in [5.74, 6) is 0.897. The van der Waals surface area contributed by atoms with Gasteiger partial charge < -0.3 is 10.1 Å². The smallest absolute Gasteiger partial charge is 0.118 e. The second-order valence-corrected chi connectivity index (χ2v) is 5.68. The fourth-order valence-corrected chi connectivity index (χ4v) is 2.92. The Balaban J connectivity index is 1.48. The summed E-state index contributed by atoms with van der Waals surface area (Å²) in [7, 11) is 1.69. The molecule has 0 radical (unpaired) electrons. The number of methoxy groups -OCH3 is 1. The minimum Gasteiger partial charge on any atom is -0.497 e. The zero-order valence-corrected chi connectivity index (χ0v) is 12.6. The highest BCUT2D eigenvalue weighted by Gasteiger charge is 2.17. The standard InChI is InChI=1S/C17H23N3O/c1-21-17-8-6-14(7-9-17)12-18-13-15-10-11-20(19-15)16-4-2-3-5-16/h6-11,16,18H,2-5,12-13H2,1H3. The van der Waals surface area contributed by atoms with Crippen molar-refractivity contribution in [1.82, 2.24) is 15.1 Å². The number of nitrogens with zero attached hydrogens (tertiary/aromatic N) is 2. The Bertz CT molecular complexity index is 556. The first-order valence-electron chi connectivity index (χ1n) is 7.73. The number of ether oxygens (including phenoxy) is 1. The van der Waals surface area contributed by atoms with Gasteiger partial charge >= 0.3 is 0 Å². The maximum atomic E-state index is 5.16. The van der Waals surface area contributed by atoms with Gasteiger partial charge in [0.25, 0.3) is 0 Å². The molecular formula is C17H23N3O. The van der Waals surface area contributed by atoms with Crippen LogP contribution < -0.4 is 10.1 Å². The van der Waals surface area contributed by atoms with Gasteiger partial charge in [0.05, 0.1) is 18.8 Å². The van der Waals surface area contributed by atoms with Crippen molar-refractivity contribution in [3.63, 3.8) is 0 Å².